The van der Waals surface area contributed by atoms with Crippen molar-refractivity contribution in [3.8, 4) is 18.1 Å². The van der Waals surface area contributed by atoms with E-state index < -0.39 is 0 Å². The second kappa shape index (κ2) is 7.32. The second-order valence-electron chi connectivity index (χ2n) is 4.49. The Labute approximate surface area is 120 Å². The number of nitrogens with one attached hydrogen (secondary N) is 1. The highest BCUT2D eigenvalue weighted by Gasteiger charge is 2.07. The molecule has 0 radical (unpaired) electrons. The monoisotopic (exact) mass is 266 g/mol. The Morgan fingerprint density at radius 3 is 2.90 bits per heavy atom. The molecule has 2 rings (SSSR count). The number of ether oxygens (including phenoxy) is 1. The molecule has 0 fully saturated rings. The van der Waals surface area contributed by atoms with Crippen molar-refractivity contribution in [2.24, 2.45) is 0 Å². The lowest BCUT2D eigenvalue weighted by Crippen LogP contribution is -2.18. The summed E-state index contributed by atoms with van der Waals surface area (Å²) < 4.78 is 5.54. The Bertz CT molecular complexity index is 575. The lowest BCUT2D eigenvalue weighted by molar-refractivity contribution is 0.364. The molecular formula is C17H18N2O. The van der Waals surface area contributed by atoms with E-state index in [1.54, 1.807) is 6.20 Å². The highest BCUT2D eigenvalue weighted by atomic mass is 16.5. The predicted octanol–water partition coefficient (Wildman–Crippen LogP) is 2.94. The van der Waals surface area contributed by atoms with Gasteiger partial charge in [-0.1, -0.05) is 30.2 Å². The minimum absolute atomic E-state index is 0.226. The van der Waals surface area contributed by atoms with Crippen molar-refractivity contribution >= 4 is 0 Å². The van der Waals surface area contributed by atoms with Crippen LogP contribution < -0.4 is 10.1 Å². The molecule has 0 spiro atoms. The molecule has 1 aromatic heterocycles. The standard InChI is InChI=1S/C17H18N2O/c1-3-11-20-17-9-5-4-7-16(17)13-19-14(2)15-8-6-10-18-12-15/h1,4-10,12,14,19H,11,13H2,2H3/t14-/m1/s1. The van der Waals surface area contributed by atoms with E-state index in [2.05, 4.69) is 29.2 Å². The first kappa shape index (κ1) is 14.1. The molecule has 0 saturated heterocycles. The van der Waals surface area contributed by atoms with Crippen LogP contribution in [0.15, 0.2) is 48.8 Å². The van der Waals surface area contributed by atoms with E-state index in [0.717, 1.165) is 23.4 Å². The fourth-order valence-electron chi connectivity index (χ4n) is 1.92. The molecule has 0 bridgehead atoms. The summed E-state index contributed by atoms with van der Waals surface area (Å²) in [4.78, 5) is 4.13. The average Bonchev–Trinajstić information content (AvgIpc) is 2.52. The van der Waals surface area contributed by atoms with Gasteiger partial charge in [-0.15, -0.1) is 6.42 Å². The number of benzene rings is 1. The van der Waals surface area contributed by atoms with Crippen molar-refractivity contribution in [2.45, 2.75) is 19.5 Å². The summed E-state index contributed by atoms with van der Waals surface area (Å²) in [5.74, 6) is 3.31. The molecule has 20 heavy (non-hydrogen) atoms. The van der Waals surface area contributed by atoms with Crippen LogP contribution in [0.4, 0.5) is 0 Å². The van der Waals surface area contributed by atoms with E-state index in [9.17, 15) is 0 Å². The number of hydrogen-bond acceptors (Lipinski definition) is 3. The van der Waals surface area contributed by atoms with Gasteiger partial charge in [-0.3, -0.25) is 4.98 Å². The van der Waals surface area contributed by atoms with Crippen molar-refractivity contribution in [2.75, 3.05) is 6.61 Å². The van der Waals surface area contributed by atoms with Gasteiger partial charge < -0.3 is 10.1 Å². The van der Waals surface area contributed by atoms with Gasteiger partial charge in [0.15, 0.2) is 0 Å². The van der Waals surface area contributed by atoms with Gasteiger partial charge >= 0.3 is 0 Å². The number of rotatable bonds is 6. The fourth-order valence-corrected chi connectivity index (χ4v) is 1.92. The number of hydrogen-bond donors (Lipinski definition) is 1. The third-order valence-electron chi connectivity index (χ3n) is 3.07. The minimum atomic E-state index is 0.226. The molecule has 3 heteroatoms. The quantitative estimate of drug-likeness (QED) is 0.816. The van der Waals surface area contributed by atoms with E-state index in [1.807, 2.05) is 36.5 Å². The lowest BCUT2D eigenvalue weighted by Gasteiger charge is -2.15. The fraction of sp³-hybridized carbons (Fsp3) is 0.235. The highest BCUT2D eigenvalue weighted by Crippen LogP contribution is 2.19. The molecule has 1 heterocycles. The van der Waals surface area contributed by atoms with Crippen molar-refractivity contribution < 1.29 is 4.74 Å². The van der Waals surface area contributed by atoms with Crippen LogP contribution in [-0.4, -0.2) is 11.6 Å². The summed E-state index contributed by atoms with van der Waals surface area (Å²) in [7, 11) is 0. The number of terminal acetylenes is 1. The van der Waals surface area contributed by atoms with Crippen LogP contribution in [0.2, 0.25) is 0 Å². The summed E-state index contributed by atoms with van der Waals surface area (Å²) in [6.45, 7) is 3.12. The van der Waals surface area contributed by atoms with E-state index in [4.69, 9.17) is 11.2 Å². The summed E-state index contributed by atoms with van der Waals surface area (Å²) >= 11 is 0. The van der Waals surface area contributed by atoms with E-state index in [1.165, 1.54) is 0 Å². The summed E-state index contributed by atoms with van der Waals surface area (Å²) in [6, 6.07) is 12.1. The maximum Gasteiger partial charge on any atom is 0.148 e. The number of pyridine rings is 1. The molecule has 3 nitrogen and oxygen atoms in total. The molecule has 0 saturated carbocycles. The van der Waals surface area contributed by atoms with Gasteiger partial charge in [-0.05, 0) is 24.6 Å². The Kier molecular flexibility index (Phi) is 5.16. The van der Waals surface area contributed by atoms with Crippen LogP contribution in [0.3, 0.4) is 0 Å². The van der Waals surface area contributed by atoms with Crippen molar-refractivity contribution in [1.82, 2.24) is 10.3 Å². The first-order chi connectivity index (χ1) is 9.81. The Morgan fingerprint density at radius 2 is 2.15 bits per heavy atom. The van der Waals surface area contributed by atoms with E-state index >= 15 is 0 Å². The van der Waals surface area contributed by atoms with Gasteiger partial charge in [0.1, 0.15) is 12.4 Å². The third-order valence-corrected chi connectivity index (χ3v) is 3.07. The van der Waals surface area contributed by atoms with E-state index in [-0.39, 0.29) is 12.6 Å². The number of aromatic nitrogens is 1. The zero-order chi connectivity index (χ0) is 14.2. The van der Waals surface area contributed by atoms with Gasteiger partial charge in [0.2, 0.25) is 0 Å². The topological polar surface area (TPSA) is 34.1 Å². The normalized spacial score (nSPS) is 11.6. The first-order valence-corrected chi connectivity index (χ1v) is 6.58. The molecule has 0 amide bonds. The smallest absolute Gasteiger partial charge is 0.148 e. The molecule has 0 aliphatic carbocycles. The van der Waals surface area contributed by atoms with Gasteiger partial charge in [0, 0.05) is 30.5 Å². The molecule has 0 aliphatic heterocycles. The molecule has 1 atom stereocenters. The Morgan fingerprint density at radius 1 is 1.30 bits per heavy atom. The third kappa shape index (κ3) is 3.84. The Balaban J connectivity index is 1.99. The van der Waals surface area contributed by atoms with Crippen LogP contribution >= 0.6 is 0 Å². The van der Waals surface area contributed by atoms with Crippen LogP contribution in [0.1, 0.15) is 24.1 Å². The van der Waals surface area contributed by atoms with Crippen LogP contribution in [0, 0.1) is 12.3 Å². The first-order valence-electron chi connectivity index (χ1n) is 6.58. The Hall–Kier alpha value is -2.31. The van der Waals surface area contributed by atoms with Gasteiger partial charge in [-0.2, -0.15) is 0 Å². The molecule has 0 unspecified atom stereocenters. The molecule has 1 N–H and O–H groups in total. The number of nitrogens with zero attached hydrogens (tertiary/aromatic N) is 1. The van der Waals surface area contributed by atoms with E-state index in [0.29, 0.717) is 0 Å². The number of para-hydroxylation sites is 1. The average molecular weight is 266 g/mol. The predicted molar refractivity (Wildman–Crippen MR) is 80.3 cm³/mol. The second-order valence-corrected chi connectivity index (χ2v) is 4.49. The zero-order valence-electron chi connectivity index (χ0n) is 11.5. The van der Waals surface area contributed by atoms with Gasteiger partial charge in [-0.25, -0.2) is 0 Å². The maximum atomic E-state index is 5.54. The molecular weight excluding hydrogens is 248 g/mol. The largest absolute Gasteiger partial charge is 0.481 e. The lowest BCUT2D eigenvalue weighted by atomic mass is 10.1. The summed E-state index contributed by atoms with van der Waals surface area (Å²) in [6.07, 6.45) is 8.88. The van der Waals surface area contributed by atoms with Crippen LogP contribution in [-0.2, 0) is 6.54 Å². The van der Waals surface area contributed by atoms with Crippen LogP contribution in [0.25, 0.3) is 0 Å². The minimum Gasteiger partial charge on any atom is -0.481 e. The molecule has 102 valence electrons. The molecule has 0 aliphatic rings. The summed E-state index contributed by atoms with van der Waals surface area (Å²) in [5, 5.41) is 3.46. The van der Waals surface area contributed by atoms with Gasteiger partial charge in [0.05, 0.1) is 0 Å². The maximum absolute atomic E-state index is 5.54. The van der Waals surface area contributed by atoms with Gasteiger partial charge in [0.25, 0.3) is 0 Å². The van der Waals surface area contributed by atoms with Crippen molar-refractivity contribution in [3.63, 3.8) is 0 Å². The molecule has 1 aromatic carbocycles. The SMILES string of the molecule is C#CCOc1ccccc1CN[C@H](C)c1cccnc1. The van der Waals surface area contributed by atoms with Crippen LogP contribution in [0.5, 0.6) is 5.75 Å². The van der Waals surface area contributed by atoms with Crippen molar-refractivity contribution in [1.29, 1.82) is 0 Å². The zero-order valence-corrected chi connectivity index (χ0v) is 11.5. The highest BCUT2D eigenvalue weighted by molar-refractivity contribution is 5.33. The summed E-state index contributed by atoms with van der Waals surface area (Å²) in [5.41, 5.74) is 2.26. The molecule has 2 aromatic rings. The van der Waals surface area contributed by atoms with Crippen molar-refractivity contribution in [3.05, 3.63) is 59.9 Å².